The lowest BCUT2D eigenvalue weighted by molar-refractivity contribution is -0.138. The van der Waals surface area contributed by atoms with Crippen molar-refractivity contribution in [3.8, 4) is 0 Å². The lowest BCUT2D eigenvalue weighted by atomic mass is 9.76. The van der Waals surface area contributed by atoms with Crippen molar-refractivity contribution in [2.45, 2.75) is 70.2 Å². The monoisotopic (exact) mass is 499 g/mol. The minimum Gasteiger partial charge on any atom is -0.391 e. The molecular weight excluding hydrogens is 466 g/mol. The van der Waals surface area contributed by atoms with Crippen LogP contribution in [-0.2, 0) is 16.2 Å². The topological polar surface area (TPSA) is 91.8 Å². The highest BCUT2D eigenvalue weighted by Gasteiger charge is 2.48. The first kappa shape index (κ1) is 25.1. The molecule has 1 aliphatic carbocycles. The van der Waals surface area contributed by atoms with Crippen molar-refractivity contribution in [2.75, 3.05) is 0 Å². The predicted octanol–water partition coefficient (Wildman–Crippen LogP) is 4.53. The van der Waals surface area contributed by atoms with Crippen LogP contribution in [0.4, 0.5) is 0 Å². The summed E-state index contributed by atoms with van der Waals surface area (Å²) >= 11 is 0. The van der Waals surface area contributed by atoms with Gasteiger partial charge in [-0.3, -0.25) is 19.4 Å². The molecule has 5 rings (SSSR count). The highest BCUT2D eigenvalue weighted by molar-refractivity contribution is 6.01. The number of nitrogens with zero attached hydrogens (tertiary/aromatic N) is 2. The van der Waals surface area contributed by atoms with Gasteiger partial charge in [0, 0.05) is 11.8 Å². The van der Waals surface area contributed by atoms with Gasteiger partial charge < -0.3 is 10.0 Å². The van der Waals surface area contributed by atoms with E-state index in [1.165, 1.54) is 0 Å². The minimum absolute atomic E-state index is 0.124. The van der Waals surface area contributed by atoms with Crippen molar-refractivity contribution in [3.63, 3.8) is 0 Å². The van der Waals surface area contributed by atoms with Gasteiger partial charge in [0.05, 0.1) is 29.8 Å². The first-order valence-corrected chi connectivity index (χ1v) is 12.9. The lowest BCUT2D eigenvalue weighted by Gasteiger charge is -2.48. The van der Waals surface area contributed by atoms with Gasteiger partial charge in [-0.15, -0.1) is 0 Å². The van der Waals surface area contributed by atoms with Crippen molar-refractivity contribution < 1.29 is 19.5 Å². The fraction of sp³-hybridized carbons (Fsp3) is 0.367. The number of fused-ring (bicyclic) bond motifs is 1. The van der Waals surface area contributed by atoms with Crippen LogP contribution in [0.25, 0.3) is 0 Å². The number of aliphatic hydroxyl groups excluding tert-OH is 1. The molecule has 4 unspecified atom stereocenters. The van der Waals surface area contributed by atoms with E-state index in [1.54, 1.807) is 17.2 Å². The van der Waals surface area contributed by atoms with Crippen molar-refractivity contribution in [1.82, 2.24) is 15.4 Å². The lowest BCUT2D eigenvalue weighted by Crippen LogP contribution is -2.55. The molecule has 0 bridgehead atoms. The van der Waals surface area contributed by atoms with Gasteiger partial charge in [-0.2, -0.15) is 0 Å². The number of aromatic nitrogens is 1. The molecule has 1 aliphatic heterocycles. The number of aryl methyl sites for hydroxylation is 2. The molecule has 7 heteroatoms. The summed E-state index contributed by atoms with van der Waals surface area (Å²) in [5.74, 6) is -1.20. The minimum atomic E-state index is -0.715. The quantitative estimate of drug-likeness (QED) is 0.486. The Labute approximate surface area is 217 Å². The van der Waals surface area contributed by atoms with Crippen LogP contribution in [0.2, 0.25) is 0 Å². The number of nitrogens with one attached hydrogen (secondary N) is 1. The fourth-order valence-corrected chi connectivity index (χ4v) is 5.83. The molecule has 0 spiro atoms. The number of hydroxylamine groups is 1. The standard InChI is InChI=1S/C30H33N3O4/c1-19-14-15-22(20(2)17-19)28-27(29(35)32-37-18-21-9-7-8-16-31-21)23-10-3-4-11-24(23)30(36)33(28)25-12-5-6-13-26(25)34/h3-4,7-11,14-17,25-28,34H,5-6,12-13,18H2,1-2H3,(H,32,35). The molecule has 2 heterocycles. The molecular formula is C30H33N3O4. The number of hydrogen-bond donors (Lipinski definition) is 2. The molecule has 3 aromatic rings. The molecule has 1 aromatic heterocycles. The van der Waals surface area contributed by atoms with Crippen molar-refractivity contribution >= 4 is 11.8 Å². The summed E-state index contributed by atoms with van der Waals surface area (Å²) in [6.07, 6.45) is 4.22. The number of hydrogen-bond acceptors (Lipinski definition) is 5. The summed E-state index contributed by atoms with van der Waals surface area (Å²) in [6.45, 7) is 4.16. The molecule has 2 N–H and O–H groups in total. The van der Waals surface area contributed by atoms with Gasteiger partial charge in [-0.25, -0.2) is 5.48 Å². The van der Waals surface area contributed by atoms with Gasteiger partial charge in [0.15, 0.2) is 0 Å². The van der Waals surface area contributed by atoms with Crippen LogP contribution in [0.1, 0.15) is 75.9 Å². The molecule has 1 saturated carbocycles. The maximum atomic E-state index is 14.0. The molecule has 7 nitrogen and oxygen atoms in total. The summed E-state index contributed by atoms with van der Waals surface area (Å²) in [4.78, 5) is 39.5. The number of amides is 2. The van der Waals surface area contributed by atoms with E-state index in [1.807, 2.05) is 62.4 Å². The first-order chi connectivity index (χ1) is 18.0. The molecule has 37 heavy (non-hydrogen) atoms. The van der Waals surface area contributed by atoms with E-state index in [-0.39, 0.29) is 24.5 Å². The van der Waals surface area contributed by atoms with Crippen LogP contribution in [-0.4, -0.2) is 39.0 Å². The number of carbonyl (C=O) groups excluding carboxylic acids is 2. The Balaban J connectivity index is 1.57. The Bertz CT molecular complexity index is 1280. The number of benzene rings is 2. The molecule has 2 amide bonds. The predicted molar refractivity (Wildman–Crippen MR) is 139 cm³/mol. The van der Waals surface area contributed by atoms with E-state index < -0.39 is 18.1 Å². The van der Waals surface area contributed by atoms with Gasteiger partial charge in [-0.05, 0) is 61.6 Å². The highest BCUT2D eigenvalue weighted by atomic mass is 16.7. The Morgan fingerprint density at radius 3 is 2.59 bits per heavy atom. The maximum Gasteiger partial charge on any atom is 0.255 e. The van der Waals surface area contributed by atoms with E-state index in [9.17, 15) is 14.7 Å². The summed E-state index contributed by atoms with van der Waals surface area (Å²) in [5, 5.41) is 11.0. The first-order valence-electron chi connectivity index (χ1n) is 12.9. The maximum absolute atomic E-state index is 14.0. The number of carbonyl (C=O) groups is 2. The Morgan fingerprint density at radius 1 is 1.05 bits per heavy atom. The van der Waals surface area contributed by atoms with Crippen LogP contribution < -0.4 is 5.48 Å². The van der Waals surface area contributed by atoms with Crippen LogP contribution in [0, 0.1) is 13.8 Å². The summed E-state index contributed by atoms with van der Waals surface area (Å²) in [6, 6.07) is 17.9. The zero-order chi connectivity index (χ0) is 25.9. The van der Waals surface area contributed by atoms with Crippen molar-refractivity contribution in [3.05, 3.63) is 100 Å². The third kappa shape index (κ3) is 5.02. The van der Waals surface area contributed by atoms with Gasteiger partial charge >= 0.3 is 0 Å². The second kappa shape index (κ2) is 10.8. The number of aliphatic hydroxyl groups is 1. The van der Waals surface area contributed by atoms with E-state index in [4.69, 9.17) is 4.84 Å². The van der Waals surface area contributed by atoms with Gasteiger partial charge in [0.1, 0.15) is 6.61 Å². The largest absolute Gasteiger partial charge is 0.391 e. The van der Waals surface area contributed by atoms with Crippen LogP contribution >= 0.6 is 0 Å². The normalized spacial score (nSPS) is 23.4. The van der Waals surface area contributed by atoms with E-state index in [2.05, 4.69) is 16.5 Å². The molecule has 0 saturated heterocycles. The zero-order valence-corrected chi connectivity index (χ0v) is 21.3. The average Bonchev–Trinajstić information content (AvgIpc) is 2.90. The summed E-state index contributed by atoms with van der Waals surface area (Å²) in [7, 11) is 0. The van der Waals surface area contributed by atoms with Crippen LogP contribution in [0.5, 0.6) is 0 Å². The zero-order valence-electron chi connectivity index (χ0n) is 21.3. The molecule has 1 fully saturated rings. The fourth-order valence-electron chi connectivity index (χ4n) is 5.83. The Morgan fingerprint density at radius 2 is 1.84 bits per heavy atom. The Kier molecular flexibility index (Phi) is 7.35. The summed E-state index contributed by atoms with van der Waals surface area (Å²) < 4.78 is 0. The average molecular weight is 500 g/mol. The van der Waals surface area contributed by atoms with Gasteiger partial charge in [0.2, 0.25) is 0 Å². The summed E-state index contributed by atoms with van der Waals surface area (Å²) in [5.41, 5.74) is 7.50. The highest BCUT2D eigenvalue weighted by Crippen LogP contribution is 2.46. The third-order valence-electron chi connectivity index (χ3n) is 7.57. The molecule has 2 aliphatic rings. The smallest absolute Gasteiger partial charge is 0.255 e. The van der Waals surface area contributed by atoms with Gasteiger partial charge in [-0.1, -0.05) is 60.9 Å². The van der Waals surface area contributed by atoms with E-state index >= 15 is 0 Å². The van der Waals surface area contributed by atoms with Crippen molar-refractivity contribution in [1.29, 1.82) is 0 Å². The van der Waals surface area contributed by atoms with E-state index in [0.29, 0.717) is 29.7 Å². The Hall–Kier alpha value is -3.55. The van der Waals surface area contributed by atoms with Crippen LogP contribution in [0.15, 0.2) is 66.9 Å². The molecule has 0 radical (unpaired) electrons. The van der Waals surface area contributed by atoms with Gasteiger partial charge in [0.25, 0.3) is 11.8 Å². The molecule has 192 valence electrons. The second-order valence-electron chi connectivity index (χ2n) is 10.1. The van der Waals surface area contributed by atoms with E-state index in [0.717, 1.165) is 29.5 Å². The second-order valence-corrected chi connectivity index (χ2v) is 10.1. The third-order valence-corrected chi connectivity index (χ3v) is 7.57. The molecule has 4 atom stereocenters. The van der Waals surface area contributed by atoms with Crippen molar-refractivity contribution in [2.24, 2.45) is 0 Å². The van der Waals surface area contributed by atoms with Crippen LogP contribution in [0.3, 0.4) is 0 Å². The number of rotatable bonds is 6. The SMILES string of the molecule is Cc1ccc(C2C(C(=O)NOCc3ccccn3)c3ccccc3C(=O)N2C2CCCCC2O)c(C)c1. The molecule has 2 aromatic carbocycles. The number of pyridine rings is 1.